The van der Waals surface area contributed by atoms with Crippen LogP contribution in [0.2, 0.25) is 0 Å². The van der Waals surface area contributed by atoms with Crippen molar-refractivity contribution >= 4 is 66.4 Å². The van der Waals surface area contributed by atoms with E-state index in [1.54, 1.807) is 5.38 Å². The van der Waals surface area contributed by atoms with Gasteiger partial charge < -0.3 is 20.9 Å². The second-order valence-corrected chi connectivity index (χ2v) is 8.91. The molecule has 1 aliphatic heterocycles. The number of piperazine rings is 1. The molecule has 4 N–H and O–H groups in total. The van der Waals surface area contributed by atoms with E-state index in [1.165, 1.54) is 11.3 Å². The van der Waals surface area contributed by atoms with Crippen LogP contribution in [0.5, 0.6) is 0 Å². The zero-order valence-electron chi connectivity index (χ0n) is 16.5. The maximum Gasteiger partial charge on any atom is 0.275 e. The Bertz CT molecular complexity index is 1230. The molecular weight excluding hydrogens is 478 g/mol. The summed E-state index contributed by atoms with van der Waals surface area (Å²) in [6.45, 7) is 3.68. The number of para-hydroxylation sites is 2. The van der Waals surface area contributed by atoms with Gasteiger partial charge in [-0.2, -0.15) is 5.10 Å². The number of nitrogens with zero attached hydrogens (tertiary/aromatic N) is 3. The van der Waals surface area contributed by atoms with Crippen LogP contribution >= 0.6 is 27.3 Å². The Balaban J connectivity index is 1.31. The monoisotopic (exact) mass is 497 g/mol. The van der Waals surface area contributed by atoms with Crippen LogP contribution in [0.25, 0.3) is 10.9 Å². The lowest BCUT2D eigenvalue weighted by Gasteiger charge is -2.31. The van der Waals surface area contributed by atoms with Crippen LogP contribution in [0.15, 0.2) is 52.3 Å². The Morgan fingerprint density at radius 1 is 1.16 bits per heavy atom. The number of aromatic nitrogens is 3. The molecule has 0 aliphatic carbocycles. The van der Waals surface area contributed by atoms with Crippen LogP contribution in [-0.4, -0.2) is 47.3 Å². The molecule has 1 amide bonds. The van der Waals surface area contributed by atoms with Crippen LogP contribution in [0.4, 0.5) is 22.3 Å². The van der Waals surface area contributed by atoms with Crippen LogP contribution in [0.1, 0.15) is 10.5 Å². The number of benzene rings is 2. The van der Waals surface area contributed by atoms with Gasteiger partial charge in [0.05, 0.1) is 16.9 Å². The molecule has 1 aliphatic rings. The second-order valence-electron chi connectivity index (χ2n) is 7.13. The average Bonchev–Trinajstić information content (AvgIpc) is 3.42. The molecule has 0 radical (unpaired) electrons. The molecule has 3 heterocycles. The van der Waals surface area contributed by atoms with Gasteiger partial charge in [-0.25, -0.2) is 4.98 Å². The molecule has 0 atom stereocenters. The minimum atomic E-state index is -0.234. The number of hydrogen-bond donors (Lipinski definition) is 4. The van der Waals surface area contributed by atoms with Gasteiger partial charge in [0.2, 0.25) is 0 Å². The number of halogens is 1. The number of thiazole rings is 1. The first-order valence-corrected chi connectivity index (χ1v) is 11.6. The summed E-state index contributed by atoms with van der Waals surface area (Å²) in [6.07, 6.45) is 0. The lowest BCUT2D eigenvalue weighted by Crippen LogP contribution is -2.43. The predicted molar refractivity (Wildman–Crippen MR) is 129 cm³/mol. The summed E-state index contributed by atoms with van der Waals surface area (Å²) < 4.78 is 0.976. The average molecular weight is 498 g/mol. The molecule has 5 rings (SSSR count). The number of rotatable bonds is 5. The van der Waals surface area contributed by atoms with Crippen molar-refractivity contribution in [3.63, 3.8) is 0 Å². The first-order valence-electron chi connectivity index (χ1n) is 9.89. The van der Waals surface area contributed by atoms with E-state index in [0.29, 0.717) is 16.6 Å². The number of carbonyl (C=O) groups excluding carboxylic acids is 1. The van der Waals surface area contributed by atoms with Crippen molar-refractivity contribution in [2.45, 2.75) is 0 Å². The molecule has 0 unspecified atom stereocenters. The Kier molecular flexibility index (Phi) is 5.58. The second kappa shape index (κ2) is 8.66. The van der Waals surface area contributed by atoms with Gasteiger partial charge in [-0.15, -0.1) is 11.3 Å². The molecule has 10 heteroatoms. The predicted octanol–water partition coefficient (Wildman–Crippen LogP) is 4.19. The summed E-state index contributed by atoms with van der Waals surface area (Å²) in [4.78, 5) is 19.6. The van der Waals surface area contributed by atoms with Crippen molar-refractivity contribution in [3.05, 3.63) is 58.0 Å². The molecule has 158 valence electrons. The van der Waals surface area contributed by atoms with Crippen LogP contribution in [-0.2, 0) is 0 Å². The minimum absolute atomic E-state index is 0.234. The van der Waals surface area contributed by atoms with Crippen LogP contribution in [0.3, 0.4) is 0 Å². The van der Waals surface area contributed by atoms with Gasteiger partial charge in [0.1, 0.15) is 5.69 Å². The van der Waals surface area contributed by atoms with E-state index < -0.39 is 0 Å². The molecule has 0 saturated carbocycles. The molecule has 31 heavy (non-hydrogen) atoms. The van der Waals surface area contributed by atoms with Crippen molar-refractivity contribution in [3.8, 4) is 0 Å². The highest BCUT2D eigenvalue weighted by atomic mass is 79.9. The van der Waals surface area contributed by atoms with E-state index in [0.717, 1.165) is 52.9 Å². The normalized spacial score (nSPS) is 14.0. The van der Waals surface area contributed by atoms with Crippen molar-refractivity contribution < 1.29 is 4.79 Å². The first kappa shape index (κ1) is 20.0. The summed E-state index contributed by atoms with van der Waals surface area (Å²) in [5, 5.41) is 20.2. The zero-order valence-corrected chi connectivity index (χ0v) is 18.9. The number of anilines is 4. The minimum Gasteiger partial charge on any atom is -0.367 e. The Labute approximate surface area is 191 Å². The van der Waals surface area contributed by atoms with E-state index in [2.05, 4.69) is 52.0 Å². The van der Waals surface area contributed by atoms with E-state index in [9.17, 15) is 4.79 Å². The lowest BCUT2D eigenvalue weighted by atomic mass is 10.2. The van der Waals surface area contributed by atoms with E-state index in [-0.39, 0.29) is 5.91 Å². The summed E-state index contributed by atoms with van der Waals surface area (Å²) in [6, 6.07) is 13.8. The number of carbonyl (C=O) groups is 1. The highest BCUT2D eigenvalue weighted by Crippen LogP contribution is 2.29. The molecule has 8 nitrogen and oxygen atoms in total. The molecule has 1 fully saturated rings. The lowest BCUT2D eigenvalue weighted by molar-refractivity contribution is 0.102. The van der Waals surface area contributed by atoms with Gasteiger partial charge in [-0.1, -0.05) is 28.1 Å². The number of aromatic amines is 1. The summed E-state index contributed by atoms with van der Waals surface area (Å²) in [5.41, 5.74) is 3.10. The molecule has 2 aromatic heterocycles. The molecule has 2 aromatic carbocycles. The van der Waals surface area contributed by atoms with Gasteiger partial charge in [-0.3, -0.25) is 9.89 Å². The zero-order chi connectivity index (χ0) is 21.2. The van der Waals surface area contributed by atoms with E-state index >= 15 is 0 Å². The Morgan fingerprint density at radius 2 is 2.00 bits per heavy atom. The number of amides is 1. The topological polar surface area (TPSA) is 98.0 Å². The van der Waals surface area contributed by atoms with Gasteiger partial charge in [-0.05, 0) is 30.3 Å². The fourth-order valence-electron chi connectivity index (χ4n) is 3.57. The highest BCUT2D eigenvalue weighted by Gasteiger charge is 2.18. The third-order valence-electron chi connectivity index (χ3n) is 5.10. The van der Waals surface area contributed by atoms with Gasteiger partial charge in [0.25, 0.3) is 5.91 Å². The maximum atomic E-state index is 12.9. The summed E-state index contributed by atoms with van der Waals surface area (Å²) in [5.74, 6) is 0.440. The summed E-state index contributed by atoms with van der Waals surface area (Å²) >= 11 is 4.82. The quantitative estimate of drug-likeness (QED) is 0.330. The Hall–Kier alpha value is -2.95. The van der Waals surface area contributed by atoms with Crippen molar-refractivity contribution in [1.29, 1.82) is 0 Å². The first-order chi connectivity index (χ1) is 15.2. The number of fused-ring (bicyclic) bond motifs is 1. The van der Waals surface area contributed by atoms with E-state index in [1.807, 2.05) is 42.5 Å². The van der Waals surface area contributed by atoms with Gasteiger partial charge in [0.15, 0.2) is 10.9 Å². The summed E-state index contributed by atoms with van der Waals surface area (Å²) in [7, 11) is 0. The Morgan fingerprint density at radius 3 is 2.87 bits per heavy atom. The SMILES string of the molecule is O=C(Nc1ccccc1N1CCNCC1)c1csc(Nc2n[nH]c3cc(Br)ccc23)n1. The fraction of sp³-hybridized carbons (Fsp3) is 0.190. The number of H-pyrrole nitrogens is 1. The fourth-order valence-corrected chi connectivity index (χ4v) is 4.62. The standard InChI is InChI=1S/C21H20BrN7OS/c22-13-5-6-14-16(11-13)27-28-19(14)26-21-25-17(12-31-21)20(30)24-15-3-1-2-4-18(15)29-9-7-23-8-10-29/h1-6,11-12,23H,7-10H2,(H,24,30)(H2,25,26,27,28). The molecule has 0 spiro atoms. The third kappa shape index (κ3) is 4.27. The van der Waals surface area contributed by atoms with Crippen LogP contribution in [0, 0.1) is 0 Å². The van der Waals surface area contributed by atoms with Gasteiger partial charge >= 0.3 is 0 Å². The van der Waals surface area contributed by atoms with Gasteiger partial charge in [0, 0.05) is 41.4 Å². The van der Waals surface area contributed by atoms with Crippen molar-refractivity contribution in [1.82, 2.24) is 20.5 Å². The smallest absolute Gasteiger partial charge is 0.275 e. The molecule has 1 saturated heterocycles. The largest absolute Gasteiger partial charge is 0.367 e. The molecule has 4 aromatic rings. The van der Waals surface area contributed by atoms with Crippen LogP contribution < -0.4 is 20.9 Å². The highest BCUT2D eigenvalue weighted by molar-refractivity contribution is 9.10. The van der Waals surface area contributed by atoms with E-state index in [4.69, 9.17) is 0 Å². The number of nitrogens with one attached hydrogen (secondary N) is 4. The third-order valence-corrected chi connectivity index (χ3v) is 6.35. The molecule has 0 bridgehead atoms. The van der Waals surface area contributed by atoms with Crippen molar-refractivity contribution in [2.24, 2.45) is 0 Å². The molecular formula is C21H20BrN7OS. The van der Waals surface area contributed by atoms with Crippen molar-refractivity contribution in [2.75, 3.05) is 41.7 Å². The maximum absolute atomic E-state index is 12.9. The number of hydrogen-bond acceptors (Lipinski definition) is 7.